The summed E-state index contributed by atoms with van der Waals surface area (Å²) in [6.45, 7) is 1.76. The second kappa shape index (κ2) is 8.18. The second-order valence-electron chi connectivity index (χ2n) is 6.75. The predicted molar refractivity (Wildman–Crippen MR) is 108 cm³/mol. The molecule has 0 radical (unpaired) electrons. The summed E-state index contributed by atoms with van der Waals surface area (Å²) in [5, 5.41) is 0. The molecule has 3 rings (SSSR count). The number of aryl methyl sites for hydroxylation is 1. The molecule has 0 bridgehead atoms. The Morgan fingerprint density at radius 2 is 1.93 bits per heavy atom. The minimum absolute atomic E-state index is 0.682. The van der Waals surface area contributed by atoms with Crippen LogP contribution in [0.4, 0.5) is 5.95 Å². The zero-order valence-corrected chi connectivity index (χ0v) is 16.5. The molecule has 0 saturated heterocycles. The van der Waals surface area contributed by atoms with E-state index in [9.17, 15) is 0 Å². The molecule has 0 saturated carbocycles. The van der Waals surface area contributed by atoms with Gasteiger partial charge in [-0.2, -0.15) is 0 Å². The molecule has 0 N–H and O–H groups in total. The largest absolute Gasteiger partial charge is 0.497 e. The molecule has 1 aromatic carbocycles. The van der Waals surface area contributed by atoms with E-state index < -0.39 is 0 Å². The summed E-state index contributed by atoms with van der Waals surface area (Å²) in [6.07, 6.45) is 5.57. The van der Waals surface area contributed by atoms with E-state index in [2.05, 4.69) is 33.9 Å². The first-order valence-corrected chi connectivity index (χ1v) is 8.84. The molecule has 7 heteroatoms. The van der Waals surface area contributed by atoms with Gasteiger partial charge in [-0.3, -0.25) is 0 Å². The van der Waals surface area contributed by atoms with Crippen molar-refractivity contribution >= 4 is 5.95 Å². The highest BCUT2D eigenvalue weighted by Gasteiger charge is 2.17. The summed E-state index contributed by atoms with van der Waals surface area (Å²) in [4.78, 5) is 18.2. The SMILES string of the molecule is COc1cccc(-c2cnc(N(C)CCN(C)C)nc2-c2nccn2C)c1. The maximum absolute atomic E-state index is 5.37. The van der Waals surface area contributed by atoms with Crippen molar-refractivity contribution in [3.8, 4) is 28.4 Å². The van der Waals surface area contributed by atoms with Crippen molar-refractivity contribution in [2.24, 2.45) is 7.05 Å². The number of benzene rings is 1. The van der Waals surface area contributed by atoms with Crippen LogP contribution in [0.15, 0.2) is 42.9 Å². The average molecular weight is 366 g/mol. The molecule has 0 aliphatic heterocycles. The Hall–Kier alpha value is -2.93. The van der Waals surface area contributed by atoms with Gasteiger partial charge >= 0.3 is 0 Å². The van der Waals surface area contributed by atoms with Gasteiger partial charge in [-0.25, -0.2) is 15.0 Å². The second-order valence-corrected chi connectivity index (χ2v) is 6.75. The van der Waals surface area contributed by atoms with E-state index in [-0.39, 0.29) is 0 Å². The smallest absolute Gasteiger partial charge is 0.225 e. The van der Waals surface area contributed by atoms with Crippen molar-refractivity contribution in [2.45, 2.75) is 0 Å². The van der Waals surface area contributed by atoms with Crippen LogP contribution in [0.5, 0.6) is 5.75 Å². The van der Waals surface area contributed by atoms with Gasteiger partial charge in [0.1, 0.15) is 11.4 Å². The van der Waals surface area contributed by atoms with Gasteiger partial charge in [0.2, 0.25) is 5.95 Å². The van der Waals surface area contributed by atoms with Crippen molar-refractivity contribution in [3.05, 3.63) is 42.9 Å². The highest BCUT2D eigenvalue weighted by Crippen LogP contribution is 2.32. The lowest BCUT2D eigenvalue weighted by Crippen LogP contribution is -2.29. The van der Waals surface area contributed by atoms with Gasteiger partial charge in [0.05, 0.1) is 7.11 Å². The highest BCUT2D eigenvalue weighted by atomic mass is 16.5. The molecular formula is C20H26N6O. The average Bonchev–Trinajstić information content (AvgIpc) is 3.11. The Morgan fingerprint density at radius 1 is 1.11 bits per heavy atom. The quantitative estimate of drug-likeness (QED) is 0.640. The number of imidazole rings is 1. The van der Waals surface area contributed by atoms with Gasteiger partial charge in [-0.1, -0.05) is 12.1 Å². The number of anilines is 1. The molecule has 0 atom stereocenters. The van der Waals surface area contributed by atoms with Crippen LogP contribution in [0, 0.1) is 0 Å². The molecule has 2 aromatic heterocycles. The summed E-state index contributed by atoms with van der Waals surface area (Å²) < 4.78 is 7.34. The third-order valence-electron chi connectivity index (χ3n) is 4.41. The Balaban J connectivity index is 2.06. The number of hydrogen-bond donors (Lipinski definition) is 0. The van der Waals surface area contributed by atoms with E-state index in [1.54, 1.807) is 13.3 Å². The van der Waals surface area contributed by atoms with Crippen molar-refractivity contribution in [1.82, 2.24) is 24.4 Å². The fourth-order valence-corrected chi connectivity index (χ4v) is 2.77. The van der Waals surface area contributed by atoms with Crippen molar-refractivity contribution in [1.29, 1.82) is 0 Å². The topological polar surface area (TPSA) is 59.3 Å². The molecule has 0 fully saturated rings. The molecule has 7 nitrogen and oxygen atoms in total. The Bertz CT molecular complexity index is 905. The molecule has 142 valence electrons. The summed E-state index contributed by atoms with van der Waals surface area (Å²) in [5.41, 5.74) is 2.72. The van der Waals surface area contributed by atoms with Crippen LogP contribution in [0.1, 0.15) is 0 Å². The summed E-state index contributed by atoms with van der Waals surface area (Å²) in [5.74, 6) is 2.28. The minimum atomic E-state index is 0.682. The van der Waals surface area contributed by atoms with Gasteiger partial charge in [0, 0.05) is 51.3 Å². The van der Waals surface area contributed by atoms with E-state index in [0.717, 1.165) is 41.5 Å². The van der Waals surface area contributed by atoms with E-state index in [4.69, 9.17) is 9.72 Å². The first-order valence-electron chi connectivity index (χ1n) is 8.84. The third kappa shape index (κ3) is 4.25. The molecule has 0 unspecified atom stereocenters. The number of nitrogens with zero attached hydrogens (tertiary/aromatic N) is 6. The van der Waals surface area contributed by atoms with Crippen LogP contribution < -0.4 is 9.64 Å². The van der Waals surface area contributed by atoms with Gasteiger partial charge in [0.25, 0.3) is 0 Å². The fraction of sp³-hybridized carbons (Fsp3) is 0.350. The number of hydrogen-bond acceptors (Lipinski definition) is 6. The lowest BCUT2D eigenvalue weighted by atomic mass is 10.0. The highest BCUT2D eigenvalue weighted by molar-refractivity contribution is 5.78. The third-order valence-corrected chi connectivity index (χ3v) is 4.41. The Morgan fingerprint density at radius 3 is 2.59 bits per heavy atom. The molecule has 2 heterocycles. The van der Waals surface area contributed by atoms with Gasteiger partial charge in [0.15, 0.2) is 5.82 Å². The van der Waals surface area contributed by atoms with Crippen LogP contribution >= 0.6 is 0 Å². The van der Waals surface area contributed by atoms with Crippen molar-refractivity contribution in [3.63, 3.8) is 0 Å². The van der Waals surface area contributed by atoms with Crippen LogP contribution in [0.25, 0.3) is 22.6 Å². The summed E-state index contributed by atoms with van der Waals surface area (Å²) in [7, 11) is 9.75. The molecule has 0 amide bonds. The maximum Gasteiger partial charge on any atom is 0.225 e. The van der Waals surface area contributed by atoms with E-state index >= 15 is 0 Å². The molecule has 0 aliphatic carbocycles. The maximum atomic E-state index is 5.37. The van der Waals surface area contributed by atoms with Gasteiger partial charge in [-0.15, -0.1) is 0 Å². The Labute approximate surface area is 160 Å². The molecular weight excluding hydrogens is 340 g/mol. The van der Waals surface area contributed by atoms with Gasteiger partial charge in [-0.05, 0) is 31.8 Å². The number of aromatic nitrogens is 4. The first kappa shape index (κ1) is 18.8. The first-order chi connectivity index (χ1) is 13.0. The molecule has 0 aliphatic rings. The monoisotopic (exact) mass is 366 g/mol. The fourth-order valence-electron chi connectivity index (χ4n) is 2.77. The van der Waals surface area contributed by atoms with E-state index in [1.807, 2.05) is 55.3 Å². The Kier molecular flexibility index (Phi) is 5.71. The van der Waals surface area contributed by atoms with Crippen molar-refractivity contribution in [2.75, 3.05) is 46.2 Å². The number of rotatable bonds is 7. The van der Waals surface area contributed by atoms with Gasteiger partial charge < -0.3 is 19.1 Å². The minimum Gasteiger partial charge on any atom is -0.497 e. The van der Waals surface area contributed by atoms with Crippen LogP contribution in [-0.4, -0.2) is 65.8 Å². The lowest BCUT2D eigenvalue weighted by molar-refractivity contribution is 0.415. The number of methoxy groups -OCH3 is 1. The number of likely N-dealkylation sites (N-methyl/N-ethyl adjacent to an activating group) is 2. The number of ether oxygens (including phenoxy) is 1. The zero-order valence-electron chi connectivity index (χ0n) is 16.5. The molecule has 3 aromatic rings. The lowest BCUT2D eigenvalue weighted by Gasteiger charge is -2.21. The summed E-state index contributed by atoms with van der Waals surface area (Å²) in [6, 6.07) is 7.91. The van der Waals surface area contributed by atoms with Crippen LogP contribution in [-0.2, 0) is 7.05 Å². The summed E-state index contributed by atoms with van der Waals surface area (Å²) >= 11 is 0. The zero-order chi connectivity index (χ0) is 19.4. The molecule has 27 heavy (non-hydrogen) atoms. The molecule has 0 spiro atoms. The normalized spacial score (nSPS) is 11.0. The van der Waals surface area contributed by atoms with Crippen molar-refractivity contribution < 1.29 is 4.74 Å². The predicted octanol–water partition coefficient (Wildman–Crippen LogP) is 2.55. The van der Waals surface area contributed by atoms with E-state index in [1.165, 1.54) is 0 Å². The standard InChI is InChI=1S/C20H26N6O/c1-24(2)11-12-26(4)20-22-14-17(15-7-6-8-16(13-15)27-5)18(23-20)19-21-9-10-25(19)3/h6-10,13-14H,11-12H2,1-5H3. The van der Waals surface area contributed by atoms with E-state index in [0.29, 0.717) is 5.95 Å². The van der Waals surface area contributed by atoms with Crippen LogP contribution in [0.3, 0.4) is 0 Å². The van der Waals surface area contributed by atoms with Crippen LogP contribution in [0.2, 0.25) is 0 Å².